The molecule has 3 nitrogen and oxygen atoms in total. The molecule has 0 amide bonds. The minimum atomic E-state index is -1.53. The molecule has 0 aliphatic heterocycles. The lowest BCUT2D eigenvalue weighted by Crippen LogP contribution is -2.40. The summed E-state index contributed by atoms with van der Waals surface area (Å²) in [7, 11) is 0. The summed E-state index contributed by atoms with van der Waals surface area (Å²) in [5.41, 5.74) is 2.10. The average molecular weight is 272 g/mol. The second kappa shape index (κ2) is 5.63. The number of allylic oxidation sites excluding steroid dienone is 2. The molecule has 1 aromatic rings. The molecular formula is C17H20O3. The van der Waals surface area contributed by atoms with Crippen LogP contribution < -0.4 is 0 Å². The van der Waals surface area contributed by atoms with Gasteiger partial charge >= 0.3 is 5.97 Å². The fraction of sp³-hybridized carbons (Fsp3) is 0.353. The van der Waals surface area contributed by atoms with Crippen molar-refractivity contribution in [2.24, 2.45) is 5.92 Å². The lowest BCUT2D eigenvalue weighted by Gasteiger charge is -2.36. The van der Waals surface area contributed by atoms with Gasteiger partial charge in [-0.1, -0.05) is 36.4 Å². The predicted molar refractivity (Wildman–Crippen MR) is 78.1 cm³/mol. The van der Waals surface area contributed by atoms with Gasteiger partial charge in [-0.25, -0.2) is 4.79 Å². The van der Waals surface area contributed by atoms with Crippen LogP contribution >= 0.6 is 0 Å². The Morgan fingerprint density at radius 3 is 2.65 bits per heavy atom. The molecule has 2 atom stereocenters. The Morgan fingerprint density at radius 2 is 2.05 bits per heavy atom. The fourth-order valence-corrected chi connectivity index (χ4v) is 2.34. The Kier molecular flexibility index (Phi) is 4.09. The Morgan fingerprint density at radius 1 is 1.40 bits per heavy atom. The summed E-state index contributed by atoms with van der Waals surface area (Å²) in [6.45, 7) is 7.64. The zero-order valence-corrected chi connectivity index (χ0v) is 11.9. The number of aliphatic hydroxyl groups is 1. The largest absolute Gasteiger partial charge is 0.426 e. The molecule has 0 bridgehead atoms. The van der Waals surface area contributed by atoms with Crippen LogP contribution in [-0.4, -0.2) is 16.9 Å². The second-order valence-electron chi connectivity index (χ2n) is 5.41. The SMILES string of the molecule is C=C(C)[C@@H]1CC=C(C)[C@](O)(OC(=O)c2ccccc2)C1. The number of carbonyl (C=O) groups excluding carboxylic acids is 1. The first-order valence-corrected chi connectivity index (χ1v) is 6.76. The molecule has 106 valence electrons. The Labute approximate surface area is 119 Å². The Bertz CT molecular complexity index is 545. The van der Waals surface area contributed by atoms with Gasteiger partial charge in [0, 0.05) is 6.42 Å². The van der Waals surface area contributed by atoms with Crippen molar-refractivity contribution < 1.29 is 14.6 Å². The van der Waals surface area contributed by atoms with E-state index in [-0.39, 0.29) is 5.92 Å². The van der Waals surface area contributed by atoms with Gasteiger partial charge in [0.15, 0.2) is 0 Å². The lowest BCUT2D eigenvalue weighted by atomic mass is 9.82. The molecule has 1 aliphatic carbocycles. The van der Waals surface area contributed by atoms with Crippen molar-refractivity contribution >= 4 is 5.97 Å². The molecule has 0 heterocycles. The third kappa shape index (κ3) is 2.99. The highest BCUT2D eigenvalue weighted by atomic mass is 16.7. The number of benzene rings is 1. The van der Waals surface area contributed by atoms with Crippen LogP contribution in [-0.2, 0) is 4.74 Å². The second-order valence-corrected chi connectivity index (χ2v) is 5.41. The van der Waals surface area contributed by atoms with Gasteiger partial charge in [0.1, 0.15) is 0 Å². The molecule has 1 N–H and O–H groups in total. The van der Waals surface area contributed by atoms with Crippen LogP contribution in [0, 0.1) is 5.92 Å². The van der Waals surface area contributed by atoms with E-state index in [0.29, 0.717) is 17.6 Å². The summed E-state index contributed by atoms with van der Waals surface area (Å²) < 4.78 is 5.36. The van der Waals surface area contributed by atoms with Crippen LogP contribution in [0.25, 0.3) is 0 Å². The van der Waals surface area contributed by atoms with E-state index in [4.69, 9.17) is 4.74 Å². The van der Waals surface area contributed by atoms with E-state index in [0.717, 1.165) is 12.0 Å². The van der Waals surface area contributed by atoms with E-state index < -0.39 is 11.8 Å². The Hall–Kier alpha value is -1.87. The van der Waals surface area contributed by atoms with Crippen LogP contribution in [0.2, 0.25) is 0 Å². The topological polar surface area (TPSA) is 46.5 Å². The van der Waals surface area contributed by atoms with Crippen molar-refractivity contribution in [2.75, 3.05) is 0 Å². The highest BCUT2D eigenvalue weighted by molar-refractivity contribution is 5.89. The van der Waals surface area contributed by atoms with Gasteiger partial charge in [0.2, 0.25) is 5.79 Å². The van der Waals surface area contributed by atoms with Crippen molar-refractivity contribution in [3.05, 3.63) is 59.7 Å². The van der Waals surface area contributed by atoms with Gasteiger partial charge in [0.05, 0.1) is 5.56 Å². The summed E-state index contributed by atoms with van der Waals surface area (Å²) in [6.07, 6.45) is 3.11. The monoisotopic (exact) mass is 272 g/mol. The van der Waals surface area contributed by atoms with Crippen molar-refractivity contribution in [3.8, 4) is 0 Å². The molecule has 0 spiro atoms. The van der Waals surface area contributed by atoms with E-state index >= 15 is 0 Å². The zero-order chi connectivity index (χ0) is 14.8. The highest BCUT2D eigenvalue weighted by Gasteiger charge is 2.39. The van der Waals surface area contributed by atoms with Crippen molar-refractivity contribution in [2.45, 2.75) is 32.5 Å². The van der Waals surface area contributed by atoms with Gasteiger partial charge in [-0.05, 0) is 43.9 Å². The van der Waals surface area contributed by atoms with Crippen LogP contribution in [0.5, 0.6) is 0 Å². The Balaban J connectivity index is 2.18. The molecule has 2 rings (SSSR count). The van der Waals surface area contributed by atoms with Gasteiger partial charge in [0.25, 0.3) is 0 Å². The van der Waals surface area contributed by atoms with Gasteiger partial charge in [-0.3, -0.25) is 0 Å². The van der Waals surface area contributed by atoms with Crippen molar-refractivity contribution in [3.63, 3.8) is 0 Å². The fourth-order valence-electron chi connectivity index (χ4n) is 2.34. The summed E-state index contributed by atoms with van der Waals surface area (Å²) >= 11 is 0. The maximum absolute atomic E-state index is 12.1. The molecule has 0 fully saturated rings. The van der Waals surface area contributed by atoms with E-state index in [1.165, 1.54) is 0 Å². The smallest absolute Gasteiger partial charge is 0.340 e. The first-order chi connectivity index (χ1) is 9.42. The summed E-state index contributed by atoms with van der Waals surface area (Å²) in [5, 5.41) is 10.6. The minimum absolute atomic E-state index is 0.132. The number of rotatable bonds is 3. The molecule has 0 saturated heterocycles. The van der Waals surface area contributed by atoms with E-state index in [9.17, 15) is 9.90 Å². The van der Waals surface area contributed by atoms with Crippen LogP contribution in [0.3, 0.4) is 0 Å². The molecule has 1 aromatic carbocycles. The molecule has 0 aromatic heterocycles. The number of carbonyl (C=O) groups is 1. The number of esters is 1. The average Bonchev–Trinajstić information content (AvgIpc) is 2.42. The molecular weight excluding hydrogens is 252 g/mol. The van der Waals surface area contributed by atoms with Crippen LogP contribution in [0.1, 0.15) is 37.0 Å². The summed E-state index contributed by atoms with van der Waals surface area (Å²) in [5.74, 6) is -1.91. The molecule has 1 aliphatic rings. The van der Waals surface area contributed by atoms with E-state index in [1.54, 1.807) is 31.2 Å². The number of hydrogen-bond acceptors (Lipinski definition) is 3. The minimum Gasteiger partial charge on any atom is -0.426 e. The molecule has 0 unspecified atom stereocenters. The maximum atomic E-state index is 12.1. The normalized spacial score (nSPS) is 25.8. The van der Waals surface area contributed by atoms with Gasteiger partial charge in [-0.15, -0.1) is 0 Å². The molecule has 3 heteroatoms. The first kappa shape index (κ1) is 14.5. The molecule has 20 heavy (non-hydrogen) atoms. The number of ether oxygens (including phenoxy) is 1. The predicted octanol–water partition coefficient (Wildman–Crippen LogP) is 3.46. The van der Waals surface area contributed by atoms with Crippen molar-refractivity contribution in [1.29, 1.82) is 0 Å². The van der Waals surface area contributed by atoms with Crippen LogP contribution in [0.4, 0.5) is 0 Å². The van der Waals surface area contributed by atoms with Gasteiger partial charge in [-0.2, -0.15) is 0 Å². The van der Waals surface area contributed by atoms with E-state index in [2.05, 4.69) is 6.58 Å². The van der Waals surface area contributed by atoms with Crippen LogP contribution in [0.15, 0.2) is 54.1 Å². The standard InChI is InChI=1S/C17H20O3/c1-12(2)15-10-9-13(3)17(19,11-15)20-16(18)14-7-5-4-6-8-14/h4-9,15,19H,1,10-11H2,2-3H3/t15-,17-/m1/s1. The third-order valence-electron chi connectivity index (χ3n) is 3.82. The third-order valence-corrected chi connectivity index (χ3v) is 3.82. The summed E-state index contributed by atoms with van der Waals surface area (Å²) in [6, 6.07) is 8.70. The quantitative estimate of drug-likeness (QED) is 0.520. The maximum Gasteiger partial charge on any atom is 0.340 e. The summed E-state index contributed by atoms with van der Waals surface area (Å²) in [4.78, 5) is 12.1. The van der Waals surface area contributed by atoms with Gasteiger partial charge < -0.3 is 9.84 Å². The molecule has 0 radical (unpaired) electrons. The first-order valence-electron chi connectivity index (χ1n) is 6.76. The molecule has 0 saturated carbocycles. The zero-order valence-electron chi connectivity index (χ0n) is 11.9. The lowest BCUT2D eigenvalue weighted by molar-refractivity contribution is -0.150. The van der Waals surface area contributed by atoms with E-state index in [1.807, 2.05) is 19.1 Å². The number of hydrogen-bond donors (Lipinski definition) is 1. The highest BCUT2D eigenvalue weighted by Crippen LogP contribution is 2.37. The van der Waals surface area contributed by atoms with Crippen molar-refractivity contribution in [1.82, 2.24) is 0 Å².